The highest BCUT2D eigenvalue weighted by molar-refractivity contribution is 9.10. The normalized spacial score (nSPS) is 12.2. The Morgan fingerprint density at radius 1 is 1.24 bits per heavy atom. The maximum Gasteiger partial charge on any atom is 0.165 e. The summed E-state index contributed by atoms with van der Waals surface area (Å²) in [4.78, 5) is 0. The summed E-state index contributed by atoms with van der Waals surface area (Å²) in [5.41, 5.74) is 4.21. The van der Waals surface area contributed by atoms with Crippen LogP contribution in [0.4, 0.5) is 8.78 Å². The van der Waals surface area contributed by atoms with Crippen molar-refractivity contribution in [1.82, 2.24) is 5.43 Å². The Labute approximate surface area is 130 Å². The minimum atomic E-state index is -0.451. The lowest BCUT2D eigenvalue weighted by Gasteiger charge is -2.18. The quantitative estimate of drug-likeness (QED) is 0.636. The summed E-state index contributed by atoms with van der Waals surface area (Å²) in [6.07, 6.45) is 0.489. The first kappa shape index (κ1) is 15.9. The molecule has 0 spiro atoms. The van der Waals surface area contributed by atoms with Gasteiger partial charge in [-0.1, -0.05) is 28.1 Å². The third-order valence-electron chi connectivity index (χ3n) is 3.22. The first-order chi connectivity index (χ1) is 10.0. The van der Waals surface area contributed by atoms with Gasteiger partial charge in [0, 0.05) is 4.47 Å². The van der Waals surface area contributed by atoms with Gasteiger partial charge in [0.1, 0.15) is 5.82 Å². The molecule has 0 amide bonds. The highest BCUT2D eigenvalue weighted by Gasteiger charge is 2.15. The molecule has 0 aliphatic carbocycles. The molecule has 2 rings (SSSR count). The van der Waals surface area contributed by atoms with E-state index < -0.39 is 5.82 Å². The molecule has 0 radical (unpaired) electrons. The third kappa shape index (κ3) is 3.78. The van der Waals surface area contributed by atoms with Gasteiger partial charge in [-0.2, -0.15) is 0 Å². The lowest BCUT2D eigenvalue weighted by atomic mass is 9.99. The third-order valence-corrected chi connectivity index (χ3v) is 3.96. The predicted molar refractivity (Wildman–Crippen MR) is 80.8 cm³/mol. The van der Waals surface area contributed by atoms with Crippen LogP contribution in [-0.4, -0.2) is 7.11 Å². The summed E-state index contributed by atoms with van der Waals surface area (Å²) in [6.45, 7) is 0. The van der Waals surface area contributed by atoms with E-state index >= 15 is 0 Å². The van der Waals surface area contributed by atoms with Crippen LogP contribution in [-0.2, 0) is 6.42 Å². The lowest BCUT2D eigenvalue weighted by molar-refractivity contribution is 0.385. The fourth-order valence-corrected chi connectivity index (χ4v) is 2.59. The lowest BCUT2D eigenvalue weighted by Crippen LogP contribution is -2.29. The van der Waals surface area contributed by atoms with Crippen molar-refractivity contribution in [3.8, 4) is 5.75 Å². The molecule has 112 valence electrons. The molecule has 0 bridgehead atoms. The van der Waals surface area contributed by atoms with Crippen molar-refractivity contribution in [2.24, 2.45) is 5.84 Å². The number of methoxy groups -OCH3 is 1. The summed E-state index contributed by atoms with van der Waals surface area (Å²) < 4.78 is 32.4. The fourth-order valence-electron chi connectivity index (χ4n) is 2.08. The number of nitrogens with one attached hydrogen (secondary N) is 1. The molecule has 0 aliphatic heterocycles. The van der Waals surface area contributed by atoms with Crippen molar-refractivity contribution in [3.05, 3.63) is 63.6 Å². The van der Waals surface area contributed by atoms with E-state index in [9.17, 15) is 8.78 Å². The molecule has 0 aliphatic rings. The van der Waals surface area contributed by atoms with Crippen LogP contribution in [0.3, 0.4) is 0 Å². The molecular weight excluding hydrogens is 342 g/mol. The molecule has 6 heteroatoms. The van der Waals surface area contributed by atoms with Crippen LogP contribution >= 0.6 is 15.9 Å². The largest absolute Gasteiger partial charge is 0.494 e. The molecule has 3 N–H and O–H groups in total. The van der Waals surface area contributed by atoms with Crippen molar-refractivity contribution in [3.63, 3.8) is 0 Å². The summed E-state index contributed by atoms with van der Waals surface area (Å²) in [5.74, 6) is 4.97. The Morgan fingerprint density at radius 2 is 2.00 bits per heavy atom. The van der Waals surface area contributed by atoms with Gasteiger partial charge in [0.05, 0.1) is 13.2 Å². The molecule has 2 aromatic rings. The van der Waals surface area contributed by atoms with Crippen LogP contribution in [0.15, 0.2) is 40.9 Å². The first-order valence-electron chi connectivity index (χ1n) is 6.28. The van der Waals surface area contributed by atoms with Crippen molar-refractivity contribution in [2.75, 3.05) is 7.11 Å². The maximum atomic E-state index is 13.8. The molecule has 0 aromatic heterocycles. The second-order valence-electron chi connectivity index (χ2n) is 4.55. The number of hydrogen-bond acceptors (Lipinski definition) is 3. The first-order valence-corrected chi connectivity index (χ1v) is 7.08. The fraction of sp³-hybridized carbons (Fsp3) is 0.200. The number of hydrazine groups is 1. The Kier molecular flexibility index (Phi) is 5.27. The van der Waals surface area contributed by atoms with E-state index in [1.807, 2.05) is 0 Å². The number of hydrogen-bond donors (Lipinski definition) is 2. The summed E-state index contributed by atoms with van der Waals surface area (Å²) in [5, 5.41) is 0. The molecule has 0 saturated heterocycles. The highest BCUT2D eigenvalue weighted by Crippen LogP contribution is 2.27. The van der Waals surface area contributed by atoms with Gasteiger partial charge in [-0.15, -0.1) is 0 Å². The zero-order chi connectivity index (χ0) is 15.4. The van der Waals surface area contributed by atoms with Crippen molar-refractivity contribution in [1.29, 1.82) is 0 Å². The van der Waals surface area contributed by atoms with E-state index in [-0.39, 0.29) is 17.6 Å². The van der Waals surface area contributed by atoms with Crippen LogP contribution in [0.5, 0.6) is 5.75 Å². The van der Waals surface area contributed by atoms with E-state index in [1.54, 1.807) is 18.2 Å². The van der Waals surface area contributed by atoms with Crippen LogP contribution in [0.2, 0.25) is 0 Å². The van der Waals surface area contributed by atoms with Crippen molar-refractivity contribution < 1.29 is 13.5 Å². The topological polar surface area (TPSA) is 47.3 Å². The number of benzene rings is 2. The van der Waals surface area contributed by atoms with Gasteiger partial charge in [0.2, 0.25) is 0 Å². The highest BCUT2D eigenvalue weighted by atomic mass is 79.9. The molecule has 2 aromatic carbocycles. The smallest absolute Gasteiger partial charge is 0.165 e. The maximum absolute atomic E-state index is 13.8. The molecule has 0 saturated carbocycles. The number of halogens is 3. The average molecular weight is 357 g/mol. The van der Waals surface area contributed by atoms with Crippen LogP contribution < -0.4 is 16.0 Å². The van der Waals surface area contributed by atoms with E-state index in [0.29, 0.717) is 16.5 Å². The molecule has 1 unspecified atom stereocenters. The second kappa shape index (κ2) is 6.98. The minimum Gasteiger partial charge on any atom is -0.494 e. The SMILES string of the molecule is COc1ccc(C(Cc2ccc(F)cc2Br)NN)cc1F. The molecule has 3 nitrogen and oxygen atoms in total. The van der Waals surface area contributed by atoms with Crippen molar-refractivity contribution in [2.45, 2.75) is 12.5 Å². The summed E-state index contributed by atoms with van der Waals surface area (Å²) in [7, 11) is 1.41. The van der Waals surface area contributed by atoms with Gasteiger partial charge in [0.25, 0.3) is 0 Å². The molecule has 1 atom stereocenters. The molecule has 0 fully saturated rings. The van der Waals surface area contributed by atoms with E-state index in [2.05, 4.69) is 21.4 Å². The van der Waals surface area contributed by atoms with Crippen molar-refractivity contribution >= 4 is 15.9 Å². The predicted octanol–water partition coefficient (Wildman–Crippen LogP) is 3.48. The van der Waals surface area contributed by atoms with E-state index in [0.717, 1.165) is 5.56 Å². The molecule has 21 heavy (non-hydrogen) atoms. The zero-order valence-corrected chi connectivity index (χ0v) is 13.0. The van der Waals surface area contributed by atoms with E-state index in [4.69, 9.17) is 10.6 Å². The van der Waals surface area contributed by atoms with Gasteiger partial charge in [-0.3, -0.25) is 11.3 Å². The van der Waals surface area contributed by atoms with Gasteiger partial charge < -0.3 is 4.74 Å². The molecular formula is C15H15BrF2N2O. The standard InChI is InChI=1S/C15H15BrF2N2O/c1-21-15-5-3-10(6-13(15)18)14(20-19)7-9-2-4-11(17)8-12(9)16/h2-6,8,14,20H,7,19H2,1H3. The average Bonchev–Trinajstić information content (AvgIpc) is 2.46. The minimum absolute atomic E-state index is 0.178. The van der Waals surface area contributed by atoms with Crippen LogP contribution in [0.1, 0.15) is 17.2 Å². The number of rotatable bonds is 5. The van der Waals surface area contributed by atoms with Gasteiger partial charge in [0.15, 0.2) is 11.6 Å². The number of ether oxygens (including phenoxy) is 1. The Hall–Kier alpha value is -1.50. The Bertz CT molecular complexity index is 637. The van der Waals surface area contributed by atoms with Crippen LogP contribution in [0.25, 0.3) is 0 Å². The van der Waals surface area contributed by atoms with Gasteiger partial charge in [-0.05, 0) is 41.8 Å². The monoisotopic (exact) mass is 356 g/mol. The second-order valence-corrected chi connectivity index (χ2v) is 5.41. The number of nitrogens with two attached hydrogens (primary N) is 1. The van der Waals surface area contributed by atoms with Crippen LogP contribution in [0, 0.1) is 11.6 Å². The summed E-state index contributed by atoms with van der Waals surface area (Å²) >= 11 is 3.31. The van der Waals surface area contributed by atoms with Gasteiger partial charge in [-0.25, -0.2) is 8.78 Å². The molecule has 0 heterocycles. The Balaban J connectivity index is 2.25. The zero-order valence-electron chi connectivity index (χ0n) is 11.4. The Morgan fingerprint density at radius 3 is 2.57 bits per heavy atom. The van der Waals surface area contributed by atoms with E-state index in [1.165, 1.54) is 25.3 Å². The van der Waals surface area contributed by atoms with Gasteiger partial charge >= 0.3 is 0 Å². The summed E-state index contributed by atoms with van der Waals surface area (Å²) in [6, 6.07) is 8.80.